The molecule has 0 bridgehead atoms. The zero-order chi connectivity index (χ0) is 14.5. The molecule has 0 aliphatic heterocycles. The fourth-order valence-corrected chi connectivity index (χ4v) is 4.70. The van der Waals surface area contributed by atoms with Gasteiger partial charge in [0.1, 0.15) is 5.78 Å². The summed E-state index contributed by atoms with van der Waals surface area (Å²) in [4.78, 5) is 22.9. The number of sulfone groups is 1. The van der Waals surface area contributed by atoms with Gasteiger partial charge in [0.2, 0.25) is 9.84 Å². The second-order valence-electron chi connectivity index (χ2n) is 5.07. The number of rotatable bonds is 3. The van der Waals surface area contributed by atoms with Crippen molar-refractivity contribution in [1.82, 2.24) is 0 Å². The molecule has 0 amide bonds. The molecule has 0 saturated heterocycles. The van der Waals surface area contributed by atoms with Crippen LogP contribution in [0, 0.1) is 11.8 Å². The van der Waals surface area contributed by atoms with E-state index in [0.29, 0.717) is 0 Å². The SMILES string of the molecule is O=C(O)C1=C(S(=O)(=O)c2ccccc2)CC2CC(=O)C12. The van der Waals surface area contributed by atoms with Crippen molar-refractivity contribution < 1.29 is 23.1 Å². The lowest BCUT2D eigenvalue weighted by Crippen LogP contribution is -2.36. The number of allylic oxidation sites excluding steroid dienone is 1. The van der Waals surface area contributed by atoms with Crippen molar-refractivity contribution in [2.45, 2.75) is 17.7 Å². The summed E-state index contributed by atoms with van der Waals surface area (Å²) in [7, 11) is -3.84. The number of carboxylic acid groups (broad SMARTS) is 1. The minimum atomic E-state index is -3.84. The third-order valence-corrected chi connectivity index (χ3v) is 5.88. The highest BCUT2D eigenvalue weighted by molar-refractivity contribution is 7.95. The second kappa shape index (κ2) is 4.28. The summed E-state index contributed by atoms with van der Waals surface area (Å²) in [5.74, 6) is -2.38. The van der Waals surface area contributed by atoms with Gasteiger partial charge in [-0.1, -0.05) is 18.2 Å². The van der Waals surface area contributed by atoms with Crippen LogP contribution in [0.15, 0.2) is 45.7 Å². The molecular weight excluding hydrogens is 280 g/mol. The number of carbonyl (C=O) groups is 2. The normalized spacial score (nSPS) is 25.3. The summed E-state index contributed by atoms with van der Waals surface area (Å²) in [5, 5.41) is 9.26. The Labute approximate surface area is 115 Å². The van der Waals surface area contributed by atoms with Gasteiger partial charge in [0, 0.05) is 6.42 Å². The summed E-state index contributed by atoms with van der Waals surface area (Å²) in [5.41, 5.74) is -0.227. The molecule has 1 aromatic rings. The van der Waals surface area contributed by atoms with E-state index in [4.69, 9.17) is 0 Å². The van der Waals surface area contributed by atoms with E-state index in [2.05, 4.69) is 0 Å². The van der Waals surface area contributed by atoms with Crippen molar-refractivity contribution in [1.29, 1.82) is 0 Å². The van der Waals surface area contributed by atoms with Crippen molar-refractivity contribution in [2.75, 3.05) is 0 Å². The maximum absolute atomic E-state index is 12.5. The van der Waals surface area contributed by atoms with Crippen LogP contribution in [-0.2, 0) is 19.4 Å². The number of fused-ring (bicyclic) bond motifs is 1. The maximum Gasteiger partial charge on any atom is 0.333 e. The number of Topliss-reactive ketones (excluding diaryl/α,β-unsaturated/α-hetero) is 1. The molecule has 2 unspecified atom stereocenters. The Balaban J connectivity index is 2.15. The lowest BCUT2D eigenvalue weighted by Gasteiger charge is -2.29. The molecule has 3 rings (SSSR count). The average molecular weight is 292 g/mol. The van der Waals surface area contributed by atoms with E-state index in [9.17, 15) is 23.1 Å². The van der Waals surface area contributed by atoms with Gasteiger partial charge in [0.15, 0.2) is 0 Å². The van der Waals surface area contributed by atoms with E-state index < -0.39 is 21.7 Å². The molecule has 1 fully saturated rings. The number of ketones is 1. The number of carboxylic acids is 1. The van der Waals surface area contributed by atoms with Gasteiger partial charge in [-0.15, -0.1) is 0 Å². The summed E-state index contributed by atoms with van der Waals surface area (Å²) in [6, 6.07) is 7.73. The standard InChI is InChI=1S/C14H12O5S/c15-10-6-8-7-11(13(12(8)10)14(16)17)20(18,19)9-4-2-1-3-5-9/h1-5,8,12H,6-7H2,(H,16,17). The van der Waals surface area contributed by atoms with Gasteiger partial charge in [-0.3, -0.25) is 4.79 Å². The van der Waals surface area contributed by atoms with Crippen LogP contribution >= 0.6 is 0 Å². The number of aliphatic carboxylic acids is 1. The van der Waals surface area contributed by atoms with Gasteiger partial charge in [0.05, 0.1) is 21.3 Å². The molecule has 2 aliphatic rings. The van der Waals surface area contributed by atoms with Crippen LogP contribution < -0.4 is 0 Å². The first-order chi connectivity index (χ1) is 9.43. The van der Waals surface area contributed by atoms with Crippen LogP contribution in [0.3, 0.4) is 0 Å². The first kappa shape index (κ1) is 13.1. The smallest absolute Gasteiger partial charge is 0.333 e. The van der Waals surface area contributed by atoms with E-state index in [1.807, 2.05) is 0 Å². The second-order valence-corrected chi connectivity index (χ2v) is 7.04. The van der Waals surface area contributed by atoms with Crippen LogP contribution in [0.2, 0.25) is 0 Å². The summed E-state index contributed by atoms with van der Waals surface area (Å²) >= 11 is 0. The Morgan fingerprint density at radius 3 is 2.35 bits per heavy atom. The summed E-state index contributed by atoms with van der Waals surface area (Å²) < 4.78 is 25.1. The van der Waals surface area contributed by atoms with E-state index in [1.54, 1.807) is 18.2 Å². The maximum atomic E-state index is 12.5. The topological polar surface area (TPSA) is 88.5 Å². The molecule has 0 heterocycles. The molecular formula is C14H12O5S. The van der Waals surface area contributed by atoms with Crippen molar-refractivity contribution >= 4 is 21.6 Å². The molecule has 6 heteroatoms. The predicted molar refractivity (Wildman–Crippen MR) is 69.5 cm³/mol. The Hall–Kier alpha value is -1.95. The average Bonchev–Trinajstić information content (AvgIpc) is 2.73. The highest BCUT2D eigenvalue weighted by Crippen LogP contribution is 2.50. The van der Waals surface area contributed by atoms with E-state index in [-0.39, 0.29) is 39.9 Å². The lowest BCUT2D eigenvalue weighted by molar-refractivity contribution is -0.138. The van der Waals surface area contributed by atoms with Crippen LogP contribution in [0.25, 0.3) is 0 Å². The Morgan fingerprint density at radius 2 is 1.80 bits per heavy atom. The van der Waals surface area contributed by atoms with Crippen LogP contribution in [0.1, 0.15) is 12.8 Å². The van der Waals surface area contributed by atoms with Crippen LogP contribution in [-0.4, -0.2) is 25.3 Å². The molecule has 0 aromatic heterocycles. The molecule has 1 saturated carbocycles. The fourth-order valence-electron chi connectivity index (χ4n) is 2.96. The zero-order valence-electron chi connectivity index (χ0n) is 10.4. The number of hydrogen-bond acceptors (Lipinski definition) is 4. The van der Waals surface area contributed by atoms with E-state index in [0.717, 1.165) is 0 Å². The highest BCUT2D eigenvalue weighted by Gasteiger charge is 2.52. The molecule has 0 spiro atoms. The quantitative estimate of drug-likeness (QED) is 0.910. The van der Waals surface area contributed by atoms with E-state index in [1.165, 1.54) is 12.1 Å². The molecule has 5 nitrogen and oxygen atoms in total. The van der Waals surface area contributed by atoms with Crippen molar-refractivity contribution in [3.05, 3.63) is 40.8 Å². The molecule has 1 N–H and O–H groups in total. The zero-order valence-corrected chi connectivity index (χ0v) is 11.3. The molecule has 20 heavy (non-hydrogen) atoms. The van der Waals surface area contributed by atoms with Gasteiger partial charge in [-0.2, -0.15) is 0 Å². The third kappa shape index (κ3) is 1.71. The summed E-state index contributed by atoms with van der Waals surface area (Å²) in [6.45, 7) is 0. The molecule has 104 valence electrons. The highest BCUT2D eigenvalue weighted by atomic mass is 32.2. The molecule has 2 atom stereocenters. The van der Waals surface area contributed by atoms with Gasteiger partial charge in [-0.05, 0) is 24.5 Å². The first-order valence-corrected chi connectivity index (χ1v) is 7.70. The van der Waals surface area contributed by atoms with Crippen molar-refractivity contribution in [2.24, 2.45) is 11.8 Å². The Bertz CT molecular complexity index is 730. The van der Waals surface area contributed by atoms with Gasteiger partial charge in [-0.25, -0.2) is 13.2 Å². The number of benzene rings is 1. The minimum Gasteiger partial charge on any atom is -0.478 e. The minimum absolute atomic E-state index is 0.0718. The molecule has 2 aliphatic carbocycles. The van der Waals surface area contributed by atoms with Crippen LogP contribution in [0.4, 0.5) is 0 Å². The Kier molecular flexibility index (Phi) is 2.79. The first-order valence-electron chi connectivity index (χ1n) is 6.22. The molecule has 1 aromatic carbocycles. The third-order valence-electron chi connectivity index (χ3n) is 3.95. The van der Waals surface area contributed by atoms with Gasteiger partial charge in [0.25, 0.3) is 0 Å². The van der Waals surface area contributed by atoms with E-state index >= 15 is 0 Å². The van der Waals surface area contributed by atoms with Gasteiger partial charge < -0.3 is 5.11 Å². The fraction of sp³-hybridized carbons (Fsp3) is 0.286. The Morgan fingerprint density at radius 1 is 1.15 bits per heavy atom. The summed E-state index contributed by atoms with van der Waals surface area (Å²) in [6.07, 6.45) is 0.421. The molecule has 0 radical (unpaired) electrons. The largest absolute Gasteiger partial charge is 0.478 e. The number of carbonyl (C=O) groups excluding carboxylic acids is 1. The monoisotopic (exact) mass is 292 g/mol. The van der Waals surface area contributed by atoms with Crippen LogP contribution in [0.5, 0.6) is 0 Å². The van der Waals surface area contributed by atoms with Crippen molar-refractivity contribution in [3.8, 4) is 0 Å². The predicted octanol–water partition coefficient (Wildman–Crippen LogP) is 1.41. The lowest BCUT2D eigenvalue weighted by atomic mass is 9.72. The number of hydrogen-bond donors (Lipinski definition) is 1. The van der Waals surface area contributed by atoms with Gasteiger partial charge >= 0.3 is 5.97 Å². The van der Waals surface area contributed by atoms with Crippen molar-refractivity contribution in [3.63, 3.8) is 0 Å².